The summed E-state index contributed by atoms with van der Waals surface area (Å²) in [5.41, 5.74) is 3.41. The minimum atomic E-state index is -0.445. The monoisotopic (exact) mass is 361 g/mol. The van der Waals surface area contributed by atoms with Gasteiger partial charge in [-0.15, -0.1) is 0 Å². The maximum absolute atomic E-state index is 12.3. The molecule has 0 radical (unpaired) electrons. The quantitative estimate of drug-likeness (QED) is 0.563. The molecular weight excluding hydrogens is 342 g/mol. The number of carbonyl (C=O) groups is 2. The lowest BCUT2D eigenvalue weighted by Gasteiger charge is -2.07. The van der Waals surface area contributed by atoms with Crippen LogP contribution in [0.1, 0.15) is 37.7 Å². The molecule has 0 aliphatic heterocycles. The molecule has 0 saturated heterocycles. The fraction of sp³-hybridized carbons (Fsp3) is 0.143. The zero-order valence-corrected chi connectivity index (χ0v) is 15.3. The molecule has 3 rings (SSSR count). The highest BCUT2D eigenvalue weighted by atomic mass is 16.5. The van der Waals surface area contributed by atoms with E-state index in [2.05, 4.69) is 15.3 Å². The van der Waals surface area contributed by atoms with Crippen molar-refractivity contribution in [3.63, 3.8) is 0 Å². The van der Waals surface area contributed by atoms with Crippen LogP contribution in [-0.4, -0.2) is 21.8 Å². The van der Waals surface area contributed by atoms with Crippen molar-refractivity contribution >= 4 is 17.8 Å². The fourth-order valence-electron chi connectivity index (χ4n) is 2.57. The molecule has 3 aromatic rings. The van der Waals surface area contributed by atoms with Gasteiger partial charge < -0.3 is 4.74 Å². The van der Waals surface area contributed by atoms with Gasteiger partial charge in [-0.25, -0.2) is 14.8 Å². The number of hydrogen-bond acceptors (Lipinski definition) is 5. The van der Waals surface area contributed by atoms with Gasteiger partial charge in [0.2, 0.25) is 5.95 Å². The van der Waals surface area contributed by atoms with E-state index in [0.717, 1.165) is 17.0 Å². The van der Waals surface area contributed by atoms with Crippen molar-refractivity contribution in [3.8, 4) is 5.75 Å². The number of nitrogens with zero attached hydrogens (tertiary/aromatic N) is 2. The highest BCUT2D eigenvalue weighted by Gasteiger charge is 2.11. The molecule has 0 aliphatic carbocycles. The number of aryl methyl sites for hydroxylation is 3. The predicted octanol–water partition coefficient (Wildman–Crippen LogP) is 3.87. The standard InChI is InChI=1S/C21H19N3O3/c1-13-5-4-6-17(11-13)20(26)27-18-9-7-16(8-10-18)19(25)24-21-22-14(2)12-15(3)23-21/h4-12H,1-3H3,(H,22,23,24,25). The molecule has 6 heteroatoms. The summed E-state index contributed by atoms with van der Waals surface area (Å²) >= 11 is 0. The van der Waals surface area contributed by atoms with Crippen molar-refractivity contribution in [2.75, 3.05) is 5.32 Å². The molecule has 1 amide bonds. The van der Waals surface area contributed by atoms with Gasteiger partial charge in [-0.3, -0.25) is 10.1 Å². The van der Waals surface area contributed by atoms with Crippen LogP contribution in [0.15, 0.2) is 54.6 Å². The second-order valence-electron chi connectivity index (χ2n) is 6.21. The lowest BCUT2D eigenvalue weighted by molar-refractivity contribution is 0.0734. The van der Waals surface area contributed by atoms with E-state index in [4.69, 9.17) is 4.74 Å². The number of nitrogens with one attached hydrogen (secondary N) is 1. The summed E-state index contributed by atoms with van der Waals surface area (Å²) in [5, 5.41) is 2.66. The van der Waals surface area contributed by atoms with Crippen LogP contribution in [0, 0.1) is 20.8 Å². The van der Waals surface area contributed by atoms with Gasteiger partial charge in [0.25, 0.3) is 5.91 Å². The Labute approximate surface area is 157 Å². The lowest BCUT2D eigenvalue weighted by atomic mass is 10.1. The van der Waals surface area contributed by atoms with E-state index in [-0.39, 0.29) is 11.9 Å². The SMILES string of the molecule is Cc1cccc(C(=O)Oc2ccc(C(=O)Nc3nc(C)cc(C)n3)cc2)c1. The summed E-state index contributed by atoms with van der Waals surface area (Å²) in [6.45, 7) is 5.58. The highest BCUT2D eigenvalue weighted by Crippen LogP contribution is 2.16. The minimum Gasteiger partial charge on any atom is -0.423 e. The molecule has 1 N–H and O–H groups in total. The first-order valence-corrected chi connectivity index (χ1v) is 8.43. The van der Waals surface area contributed by atoms with E-state index in [1.807, 2.05) is 32.9 Å². The molecule has 0 aliphatic rings. The summed E-state index contributed by atoms with van der Waals surface area (Å²) in [4.78, 5) is 32.9. The van der Waals surface area contributed by atoms with Crippen molar-refractivity contribution in [1.29, 1.82) is 0 Å². The Morgan fingerprint density at radius 2 is 1.52 bits per heavy atom. The Bertz CT molecular complexity index is 978. The summed E-state index contributed by atoms with van der Waals surface area (Å²) < 4.78 is 5.34. The third kappa shape index (κ3) is 4.76. The molecule has 0 atom stereocenters. The molecule has 2 aromatic carbocycles. The summed E-state index contributed by atoms with van der Waals surface area (Å²) in [6, 6.07) is 15.3. The average Bonchev–Trinajstić information content (AvgIpc) is 2.61. The molecular formula is C21H19N3O3. The number of esters is 1. The van der Waals surface area contributed by atoms with Crippen LogP contribution in [-0.2, 0) is 0 Å². The zero-order chi connectivity index (χ0) is 19.4. The topological polar surface area (TPSA) is 81.2 Å². The number of carbonyl (C=O) groups excluding carboxylic acids is 2. The van der Waals surface area contributed by atoms with Crippen LogP contribution < -0.4 is 10.1 Å². The molecule has 1 aromatic heterocycles. The molecule has 1 heterocycles. The Balaban J connectivity index is 1.67. The largest absolute Gasteiger partial charge is 0.423 e. The maximum Gasteiger partial charge on any atom is 0.343 e. The van der Waals surface area contributed by atoms with Crippen LogP contribution in [0.4, 0.5) is 5.95 Å². The molecule has 6 nitrogen and oxygen atoms in total. The van der Waals surface area contributed by atoms with E-state index in [1.165, 1.54) is 0 Å². The van der Waals surface area contributed by atoms with E-state index in [0.29, 0.717) is 16.9 Å². The molecule has 136 valence electrons. The normalized spacial score (nSPS) is 10.3. The summed E-state index contributed by atoms with van der Waals surface area (Å²) in [6.07, 6.45) is 0. The highest BCUT2D eigenvalue weighted by molar-refractivity contribution is 6.03. The smallest absolute Gasteiger partial charge is 0.343 e. The van der Waals surface area contributed by atoms with Gasteiger partial charge in [-0.1, -0.05) is 17.7 Å². The van der Waals surface area contributed by atoms with Crippen molar-refractivity contribution in [2.24, 2.45) is 0 Å². The van der Waals surface area contributed by atoms with Gasteiger partial charge in [0.05, 0.1) is 5.56 Å². The number of amides is 1. The van der Waals surface area contributed by atoms with E-state index < -0.39 is 5.97 Å². The minimum absolute atomic E-state index is 0.257. The number of aromatic nitrogens is 2. The van der Waals surface area contributed by atoms with Crippen LogP contribution >= 0.6 is 0 Å². The van der Waals surface area contributed by atoms with E-state index in [9.17, 15) is 9.59 Å². The predicted molar refractivity (Wildman–Crippen MR) is 102 cm³/mol. The van der Waals surface area contributed by atoms with Crippen molar-refractivity contribution < 1.29 is 14.3 Å². The van der Waals surface area contributed by atoms with Crippen LogP contribution in [0.2, 0.25) is 0 Å². The Morgan fingerprint density at radius 3 is 2.15 bits per heavy atom. The number of hydrogen-bond donors (Lipinski definition) is 1. The van der Waals surface area contributed by atoms with Crippen molar-refractivity contribution in [1.82, 2.24) is 9.97 Å². The number of benzene rings is 2. The molecule has 0 bridgehead atoms. The second kappa shape index (κ2) is 7.78. The third-order valence-electron chi connectivity index (χ3n) is 3.79. The molecule has 0 unspecified atom stereocenters. The molecule has 27 heavy (non-hydrogen) atoms. The van der Waals surface area contributed by atoms with E-state index in [1.54, 1.807) is 42.5 Å². The van der Waals surface area contributed by atoms with Gasteiger partial charge in [-0.05, 0) is 63.2 Å². The Morgan fingerprint density at radius 1 is 0.852 bits per heavy atom. The first-order chi connectivity index (χ1) is 12.9. The number of ether oxygens (including phenoxy) is 1. The molecule has 0 spiro atoms. The van der Waals surface area contributed by atoms with Gasteiger partial charge in [0, 0.05) is 17.0 Å². The number of rotatable bonds is 4. The zero-order valence-electron chi connectivity index (χ0n) is 15.3. The van der Waals surface area contributed by atoms with Gasteiger partial charge >= 0.3 is 5.97 Å². The third-order valence-corrected chi connectivity index (χ3v) is 3.79. The summed E-state index contributed by atoms with van der Waals surface area (Å²) in [7, 11) is 0. The van der Waals surface area contributed by atoms with Gasteiger partial charge in [-0.2, -0.15) is 0 Å². The van der Waals surface area contributed by atoms with Crippen LogP contribution in [0.3, 0.4) is 0 Å². The van der Waals surface area contributed by atoms with E-state index >= 15 is 0 Å². The molecule has 0 fully saturated rings. The lowest BCUT2D eigenvalue weighted by Crippen LogP contribution is -2.15. The Hall–Kier alpha value is -3.54. The summed E-state index contributed by atoms with van der Waals surface area (Å²) in [5.74, 6) is -0.163. The first-order valence-electron chi connectivity index (χ1n) is 8.43. The first kappa shape index (κ1) is 18.3. The second-order valence-corrected chi connectivity index (χ2v) is 6.21. The Kier molecular flexibility index (Phi) is 5.26. The fourth-order valence-corrected chi connectivity index (χ4v) is 2.57. The van der Waals surface area contributed by atoms with Crippen molar-refractivity contribution in [2.45, 2.75) is 20.8 Å². The average molecular weight is 361 g/mol. The molecule has 0 saturated carbocycles. The van der Waals surface area contributed by atoms with Crippen LogP contribution in [0.25, 0.3) is 0 Å². The van der Waals surface area contributed by atoms with Gasteiger partial charge in [0.15, 0.2) is 0 Å². The number of anilines is 1. The maximum atomic E-state index is 12.3. The van der Waals surface area contributed by atoms with Gasteiger partial charge in [0.1, 0.15) is 5.75 Å². The van der Waals surface area contributed by atoms with Crippen molar-refractivity contribution in [3.05, 3.63) is 82.7 Å². The van der Waals surface area contributed by atoms with Crippen LogP contribution in [0.5, 0.6) is 5.75 Å².